The van der Waals surface area contributed by atoms with Crippen LogP contribution in [0.2, 0.25) is 0 Å². The van der Waals surface area contributed by atoms with Gasteiger partial charge in [0.05, 0.1) is 24.4 Å². The van der Waals surface area contributed by atoms with Gasteiger partial charge in [-0.05, 0) is 48.4 Å². The molecule has 1 aliphatic rings. The molecule has 42 heavy (non-hydrogen) atoms. The van der Waals surface area contributed by atoms with E-state index >= 15 is 0 Å². The van der Waals surface area contributed by atoms with Gasteiger partial charge in [-0.1, -0.05) is 53.4 Å². The first-order valence-corrected chi connectivity index (χ1v) is 14.4. The first kappa shape index (κ1) is 27.4. The number of phenols is 1. The minimum absolute atomic E-state index is 0.110. The van der Waals surface area contributed by atoms with Gasteiger partial charge >= 0.3 is 5.91 Å². The number of carbonyl (C=O) groups is 2. The van der Waals surface area contributed by atoms with E-state index < -0.39 is 23.5 Å². The number of thioether (sulfide) groups is 1. The molecular formula is C29H22FN5O5S2. The number of aliphatic hydroxyl groups is 1. The fourth-order valence-electron chi connectivity index (χ4n) is 4.85. The molecule has 0 aliphatic carbocycles. The molecule has 1 amide bonds. The summed E-state index contributed by atoms with van der Waals surface area (Å²) in [6.45, 7) is 1.69. The number of aromatic hydroxyl groups is 1. The third-order valence-corrected chi connectivity index (χ3v) is 8.91. The van der Waals surface area contributed by atoms with Crippen molar-refractivity contribution in [3.05, 3.63) is 101 Å². The Morgan fingerprint density at radius 2 is 1.90 bits per heavy atom. The molecule has 13 heteroatoms. The summed E-state index contributed by atoms with van der Waals surface area (Å²) in [6, 6.07) is 15.0. The van der Waals surface area contributed by atoms with Crippen LogP contribution in [0.1, 0.15) is 28.6 Å². The van der Waals surface area contributed by atoms with Gasteiger partial charge in [0.2, 0.25) is 5.13 Å². The van der Waals surface area contributed by atoms with E-state index in [0.717, 1.165) is 11.3 Å². The smallest absolute Gasteiger partial charge is 0.301 e. The molecule has 2 N–H and O–H groups in total. The number of halogens is 1. The Morgan fingerprint density at radius 1 is 1.12 bits per heavy atom. The number of aromatic nitrogens is 4. The number of ether oxygens (including phenoxy) is 1. The summed E-state index contributed by atoms with van der Waals surface area (Å²) in [7, 11) is 1.38. The van der Waals surface area contributed by atoms with Crippen LogP contribution in [0.4, 0.5) is 9.52 Å². The van der Waals surface area contributed by atoms with Crippen molar-refractivity contribution in [1.82, 2.24) is 19.6 Å². The van der Waals surface area contributed by atoms with Crippen molar-refractivity contribution in [1.29, 1.82) is 0 Å². The van der Waals surface area contributed by atoms with E-state index in [9.17, 15) is 24.2 Å². The molecule has 0 radical (unpaired) electrons. The number of ketones is 1. The predicted octanol–water partition coefficient (Wildman–Crippen LogP) is 5.27. The Bertz CT molecular complexity index is 1900. The summed E-state index contributed by atoms with van der Waals surface area (Å²) in [4.78, 5) is 32.9. The van der Waals surface area contributed by atoms with Gasteiger partial charge in [-0.15, -0.1) is 10.2 Å². The van der Waals surface area contributed by atoms with Gasteiger partial charge < -0.3 is 14.9 Å². The number of nitrogens with zero attached hydrogens (tertiary/aromatic N) is 5. The van der Waals surface area contributed by atoms with Crippen LogP contribution in [-0.2, 0) is 15.3 Å². The quantitative estimate of drug-likeness (QED) is 0.0840. The zero-order valence-corrected chi connectivity index (χ0v) is 23.8. The molecule has 6 rings (SSSR count). The van der Waals surface area contributed by atoms with Crippen molar-refractivity contribution >= 4 is 51.3 Å². The number of imidazole rings is 1. The van der Waals surface area contributed by atoms with Gasteiger partial charge in [0.1, 0.15) is 17.2 Å². The number of benzene rings is 2. The molecule has 1 fully saturated rings. The number of anilines is 1. The van der Waals surface area contributed by atoms with Crippen LogP contribution in [0.25, 0.3) is 11.4 Å². The lowest BCUT2D eigenvalue weighted by atomic mass is 9.96. The van der Waals surface area contributed by atoms with E-state index in [4.69, 9.17) is 4.74 Å². The number of pyridine rings is 1. The number of Topliss-reactive ketones (excluding diaryl/α,β-unsaturated/α-hetero) is 1. The molecular weight excluding hydrogens is 581 g/mol. The molecule has 3 aromatic heterocycles. The van der Waals surface area contributed by atoms with Crippen molar-refractivity contribution in [2.24, 2.45) is 0 Å². The molecule has 2 aromatic carbocycles. The summed E-state index contributed by atoms with van der Waals surface area (Å²) in [6.07, 6.45) is 1.70. The zero-order chi connectivity index (χ0) is 29.5. The SMILES string of the molecule is COc1cc(C2/C(=C(\O)c3c(C)nc4ccccn34)C(=O)C(=O)N2c2nnc(SCc3ccccc3F)s2)ccc1O. The third kappa shape index (κ3) is 4.65. The highest BCUT2D eigenvalue weighted by Crippen LogP contribution is 2.45. The van der Waals surface area contributed by atoms with Crippen LogP contribution in [-0.4, -0.2) is 48.6 Å². The Kier molecular flexibility index (Phi) is 7.12. The number of fused-ring (bicyclic) bond motifs is 1. The molecule has 0 saturated carbocycles. The van der Waals surface area contributed by atoms with Gasteiger partial charge in [0, 0.05) is 11.9 Å². The van der Waals surface area contributed by atoms with Crippen LogP contribution < -0.4 is 9.64 Å². The largest absolute Gasteiger partial charge is 0.505 e. The van der Waals surface area contributed by atoms with Gasteiger partial charge in [-0.2, -0.15) is 0 Å². The molecule has 212 valence electrons. The molecule has 0 bridgehead atoms. The van der Waals surface area contributed by atoms with Gasteiger partial charge in [0.25, 0.3) is 5.78 Å². The number of rotatable bonds is 7. The van der Waals surface area contributed by atoms with Crippen molar-refractivity contribution in [3.63, 3.8) is 0 Å². The van der Waals surface area contributed by atoms with Crippen molar-refractivity contribution in [2.45, 2.75) is 23.1 Å². The average molecular weight is 604 g/mol. The van der Waals surface area contributed by atoms with Gasteiger partial charge in [-0.3, -0.25) is 18.9 Å². The molecule has 10 nitrogen and oxygen atoms in total. The number of hydrogen-bond donors (Lipinski definition) is 2. The van der Waals surface area contributed by atoms with E-state index in [1.54, 1.807) is 53.9 Å². The molecule has 1 saturated heterocycles. The summed E-state index contributed by atoms with van der Waals surface area (Å²) in [5.74, 6) is -2.34. The monoisotopic (exact) mass is 603 g/mol. The highest BCUT2D eigenvalue weighted by atomic mass is 32.2. The number of aliphatic hydroxyl groups excluding tert-OH is 1. The highest BCUT2D eigenvalue weighted by molar-refractivity contribution is 8.00. The summed E-state index contributed by atoms with van der Waals surface area (Å²) in [5, 5.41) is 30.3. The normalized spacial score (nSPS) is 16.5. The molecule has 4 heterocycles. The van der Waals surface area contributed by atoms with E-state index in [2.05, 4.69) is 15.2 Å². The van der Waals surface area contributed by atoms with Gasteiger partial charge in [-0.25, -0.2) is 9.37 Å². The number of aryl methyl sites for hydroxylation is 1. The first-order valence-electron chi connectivity index (χ1n) is 12.6. The second-order valence-electron chi connectivity index (χ2n) is 9.31. The maximum Gasteiger partial charge on any atom is 0.301 e. The summed E-state index contributed by atoms with van der Waals surface area (Å²) >= 11 is 2.30. The van der Waals surface area contributed by atoms with Crippen molar-refractivity contribution in [2.75, 3.05) is 12.0 Å². The lowest BCUT2D eigenvalue weighted by Crippen LogP contribution is -2.29. The number of methoxy groups -OCH3 is 1. The van der Waals surface area contributed by atoms with Crippen LogP contribution in [0.3, 0.4) is 0 Å². The van der Waals surface area contributed by atoms with Crippen LogP contribution in [0.5, 0.6) is 11.5 Å². The van der Waals surface area contributed by atoms with E-state index in [0.29, 0.717) is 26.8 Å². The van der Waals surface area contributed by atoms with E-state index in [1.165, 1.54) is 48.0 Å². The van der Waals surface area contributed by atoms with Crippen molar-refractivity contribution in [3.8, 4) is 11.5 Å². The second kappa shape index (κ2) is 10.9. The zero-order valence-electron chi connectivity index (χ0n) is 22.2. The minimum atomic E-state index is -1.13. The second-order valence-corrected chi connectivity index (χ2v) is 11.5. The number of phenolic OH excluding ortho intramolecular Hbond substituents is 1. The van der Waals surface area contributed by atoms with Crippen LogP contribution >= 0.6 is 23.1 Å². The first-order chi connectivity index (χ1) is 20.3. The maximum absolute atomic E-state index is 14.1. The Labute approximate surface area is 246 Å². The third-order valence-electron chi connectivity index (χ3n) is 6.80. The Balaban J connectivity index is 1.47. The van der Waals surface area contributed by atoms with Crippen molar-refractivity contribution < 1.29 is 28.9 Å². The molecule has 1 aliphatic heterocycles. The molecule has 1 atom stereocenters. The fourth-order valence-corrected chi connectivity index (χ4v) is 6.70. The van der Waals surface area contributed by atoms with Crippen LogP contribution in [0.15, 0.2) is 76.8 Å². The highest BCUT2D eigenvalue weighted by Gasteiger charge is 2.49. The Morgan fingerprint density at radius 3 is 2.69 bits per heavy atom. The van der Waals surface area contributed by atoms with Crippen LogP contribution in [0, 0.1) is 12.7 Å². The topological polar surface area (TPSA) is 130 Å². The summed E-state index contributed by atoms with van der Waals surface area (Å²) < 4.78 is 21.5. The lowest BCUT2D eigenvalue weighted by Gasteiger charge is -2.23. The van der Waals surface area contributed by atoms with Gasteiger partial charge in [0.15, 0.2) is 21.6 Å². The number of hydrogen-bond acceptors (Lipinski definition) is 10. The fraction of sp³-hybridized carbons (Fsp3) is 0.138. The predicted molar refractivity (Wildman–Crippen MR) is 155 cm³/mol. The molecule has 1 unspecified atom stereocenters. The number of carbonyl (C=O) groups excluding carboxylic acids is 2. The van der Waals surface area contributed by atoms with E-state index in [-0.39, 0.29) is 39.5 Å². The van der Waals surface area contributed by atoms with E-state index in [1.807, 2.05) is 0 Å². The summed E-state index contributed by atoms with van der Waals surface area (Å²) in [5.41, 5.74) is 1.95. The lowest BCUT2D eigenvalue weighted by molar-refractivity contribution is -0.132. The molecule has 5 aromatic rings. The number of amides is 1. The minimum Gasteiger partial charge on any atom is -0.505 e. The standard InChI is InChI=1S/C29H22FN5O5S2/c1-15-23(34-12-6-5-9-21(34)31-15)25(37)22-24(16-10-11-19(36)20(13-16)40-2)35(27(39)26(22)38)28-32-33-29(42-28)41-14-17-7-3-4-8-18(17)30/h3-13,24,36-37H,14H2,1-2H3/b25-22+. The maximum atomic E-state index is 14.1. The Hall–Kier alpha value is -4.75. The average Bonchev–Trinajstić information content (AvgIpc) is 3.66. The molecule has 0 spiro atoms.